The smallest absolute Gasteiger partial charge is 0.266 e. The lowest BCUT2D eigenvalue weighted by Crippen LogP contribution is -2.28. The van der Waals surface area contributed by atoms with Gasteiger partial charge in [-0.1, -0.05) is 78.6 Å². The largest absolute Gasteiger partial charge is 0.483 e. The van der Waals surface area contributed by atoms with Gasteiger partial charge in [0, 0.05) is 18.7 Å². The van der Waals surface area contributed by atoms with Crippen LogP contribution in [0.25, 0.3) is 6.08 Å². The predicted octanol–water partition coefficient (Wildman–Crippen LogP) is 3.77. The minimum Gasteiger partial charge on any atom is -0.483 e. The number of nitrogens with one attached hydrogen (secondary N) is 1. The number of hydrogen-bond acceptors (Lipinski definition) is 5. The number of thiocarbonyl (C=S) groups is 1. The van der Waals surface area contributed by atoms with Crippen LogP contribution in [0.4, 0.5) is 0 Å². The van der Waals surface area contributed by atoms with E-state index in [4.69, 9.17) is 17.0 Å². The third-order valence-electron chi connectivity index (χ3n) is 4.08. The van der Waals surface area contributed by atoms with Gasteiger partial charge in [-0.05, 0) is 17.7 Å². The molecular formula is C22H20N2O3S2. The van der Waals surface area contributed by atoms with E-state index in [0.717, 1.165) is 5.56 Å². The maximum absolute atomic E-state index is 12.5. The van der Waals surface area contributed by atoms with Crippen molar-refractivity contribution < 1.29 is 14.3 Å². The van der Waals surface area contributed by atoms with Crippen molar-refractivity contribution in [3.05, 3.63) is 83.3 Å². The van der Waals surface area contributed by atoms with Gasteiger partial charge in [0.15, 0.2) is 6.61 Å². The van der Waals surface area contributed by atoms with Crippen molar-refractivity contribution in [3.63, 3.8) is 0 Å². The van der Waals surface area contributed by atoms with E-state index >= 15 is 0 Å². The number of nitrogens with zero attached hydrogens (tertiary/aromatic N) is 1. The van der Waals surface area contributed by atoms with Crippen molar-refractivity contribution >= 4 is 46.2 Å². The fraction of sp³-hybridized carbons (Fsp3) is 0.136. The molecule has 2 aromatic rings. The quantitative estimate of drug-likeness (QED) is 0.397. The molecule has 0 radical (unpaired) electrons. The summed E-state index contributed by atoms with van der Waals surface area (Å²) < 4.78 is 6.19. The van der Waals surface area contributed by atoms with E-state index in [1.807, 2.05) is 48.5 Å². The Kier molecular flexibility index (Phi) is 7.21. The van der Waals surface area contributed by atoms with E-state index in [2.05, 4.69) is 11.9 Å². The molecule has 0 spiro atoms. The van der Waals surface area contributed by atoms with Gasteiger partial charge in [-0.25, -0.2) is 0 Å². The van der Waals surface area contributed by atoms with Gasteiger partial charge in [0.05, 0.1) is 4.91 Å². The highest BCUT2D eigenvalue weighted by Gasteiger charge is 2.31. The average Bonchev–Trinajstić information content (AvgIpc) is 3.00. The molecular weight excluding hydrogens is 404 g/mol. The fourth-order valence-corrected chi connectivity index (χ4v) is 3.92. The molecule has 29 heavy (non-hydrogen) atoms. The van der Waals surface area contributed by atoms with Gasteiger partial charge in [-0.3, -0.25) is 14.5 Å². The van der Waals surface area contributed by atoms with Crippen molar-refractivity contribution in [1.29, 1.82) is 0 Å². The van der Waals surface area contributed by atoms with Gasteiger partial charge in [-0.2, -0.15) is 0 Å². The molecule has 0 aromatic heterocycles. The minimum absolute atomic E-state index is 0.116. The molecule has 1 fully saturated rings. The van der Waals surface area contributed by atoms with E-state index in [1.54, 1.807) is 18.2 Å². The molecule has 2 aromatic carbocycles. The molecule has 1 heterocycles. The van der Waals surface area contributed by atoms with Crippen LogP contribution in [-0.2, 0) is 16.1 Å². The maximum atomic E-state index is 12.5. The molecule has 1 saturated heterocycles. The van der Waals surface area contributed by atoms with Gasteiger partial charge in [0.25, 0.3) is 11.8 Å². The number of hydrogen-bond donors (Lipinski definition) is 1. The van der Waals surface area contributed by atoms with Crippen molar-refractivity contribution in [1.82, 2.24) is 10.2 Å². The van der Waals surface area contributed by atoms with Crippen molar-refractivity contribution in [3.8, 4) is 5.75 Å². The fourth-order valence-electron chi connectivity index (χ4n) is 2.65. The monoisotopic (exact) mass is 424 g/mol. The van der Waals surface area contributed by atoms with E-state index in [0.29, 0.717) is 33.6 Å². The Balaban J connectivity index is 1.63. The third kappa shape index (κ3) is 5.56. The van der Waals surface area contributed by atoms with Crippen LogP contribution in [0.3, 0.4) is 0 Å². The highest BCUT2D eigenvalue weighted by molar-refractivity contribution is 8.26. The summed E-state index contributed by atoms with van der Waals surface area (Å²) in [6, 6.07) is 16.9. The second kappa shape index (κ2) is 10.0. The first kappa shape index (κ1) is 20.8. The normalized spacial score (nSPS) is 14.9. The second-order valence-electron chi connectivity index (χ2n) is 6.17. The lowest BCUT2D eigenvalue weighted by molar-refractivity contribution is -0.123. The molecule has 0 bridgehead atoms. The van der Waals surface area contributed by atoms with Crippen LogP contribution in [-0.4, -0.2) is 34.2 Å². The standard InChI is InChI=1S/C22H20N2O3S2/c1-2-12-24-21(26)19(29-22(24)28)13-17-10-6-7-11-18(17)27-15-20(25)23-14-16-8-4-3-5-9-16/h2-11,13H,1,12,14-15H2,(H,23,25)/b19-13-. The first-order chi connectivity index (χ1) is 14.1. The highest BCUT2D eigenvalue weighted by atomic mass is 32.2. The maximum Gasteiger partial charge on any atom is 0.266 e. The van der Waals surface area contributed by atoms with Crippen LogP contribution in [0.1, 0.15) is 11.1 Å². The molecule has 1 N–H and O–H groups in total. The molecule has 3 rings (SSSR count). The van der Waals surface area contributed by atoms with Crippen LogP contribution in [0.5, 0.6) is 5.75 Å². The topological polar surface area (TPSA) is 58.6 Å². The zero-order chi connectivity index (χ0) is 20.6. The number of para-hydroxylation sites is 1. The Labute approximate surface area is 179 Å². The molecule has 1 aliphatic rings. The lowest BCUT2D eigenvalue weighted by atomic mass is 10.2. The zero-order valence-corrected chi connectivity index (χ0v) is 17.3. The van der Waals surface area contributed by atoms with Gasteiger partial charge in [-0.15, -0.1) is 6.58 Å². The first-order valence-corrected chi connectivity index (χ1v) is 10.2. The van der Waals surface area contributed by atoms with Gasteiger partial charge in [0.2, 0.25) is 0 Å². The Morgan fingerprint density at radius 1 is 1.17 bits per heavy atom. The molecule has 5 nitrogen and oxygen atoms in total. The van der Waals surface area contributed by atoms with Gasteiger partial charge < -0.3 is 10.1 Å². The number of carbonyl (C=O) groups is 2. The Morgan fingerprint density at radius 2 is 1.90 bits per heavy atom. The van der Waals surface area contributed by atoms with Gasteiger partial charge >= 0.3 is 0 Å². The molecule has 148 valence electrons. The summed E-state index contributed by atoms with van der Waals surface area (Å²) in [5.74, 6) is 0.146. The van der Waals surface area contributed by atoms with E-state index < -0.39 is 0 Å². The summed E-state index contributed by atoms with van der Waals surface area (Å²) in [5, 5.41) is 2.82. The van der Waals surface area contributed by atoms with Crippen LogP contribution in [0.2, 0.25) is 0 Å². The molecule has 1 aliphatic heterocycles. The summed E-state index contributed by atoms with van der Waals surface area (Å²) in [6.07, 6.45) is 3.37. The Morgan fingerprint density at radius 3 is 2.66 bits per heavy atom. The van der Waals surface area contributed by atoms with Crippen molar-refractivity contribution in [2.75, 3.05) is 13.2 Å². The molecule has 0 saturated carbocycles. The third-order valence-corrected chi connectivity index (χ3v) is 5.46. The van der Waals surface area contributed by atoms with E-state index in [-0.39, 0.29) is 18.4 Å². The predicted molar refractivity (Wildman–Crippen MR) is 120 cm³/mol. The second-order valence-corrected chi connectivity index (χ2v) is 7.85. The summed E-state index contributed by atoms with van der Waals surface area (Å²) in [6.45, 7) is 4.35. The Bertz CT molecular complexity index is 958. The van der Waals surface area contributed by atoms with Crippen LogP contribution >= 0.6 is 24.0 Å². The summed E-state index contributed by atoms with van der Waals surface area (Å²) in [5.41, 5.74) is 1.73. The molecule has 0 unspecified atom stereocenters. The molecule has 7 heteroatoms. The number of amides is 2. The average molecular weight is 425 g/mol. The number of carbonyl (C=O) groups excluding carboxylic acids is 2. The summed E-state index contributed by atoms with van der Waals surface area (Å²) >= 11 is 6.50. The van der Waals surface area contributed by atoms with E-state index in [1.165, 1.54) is 16.7 Å². The van der Waals surface area contributed by atoms with Gasteiger partial charge in [0.1, 0.15) is 10.1 Å². The number of rotatable bonds is 8. The summed E-state index contributed by atoms with van der Waals surface area (Å²) in [4.78, 5) is 26.6. The highest BCUT2D eigenvalue weighted by Crippen LogP contribution is 2.34. The van der Waals surface area contributed by atoms with Crippen LogP contribution in [0.15, 0.2) is 72.2 Å². The van der Waals surface area contributed by atoms with Crippen molar-refractivity contribution in [2.45, 2.75) is 6.54 Å². The first-order valence-electron chi connectivity index (χ1n) is 8.97. The van der Waals surface area contributed by atoms with E-state index in [9.17, 15) is 9.59 Å². The number of ether oxygens (including phenoxy) is 1. The molecule has 0 aliphatic carbocycles. The molecule has 0 atom stereocenters. The van der Waals surface area contributed by atoms with Crippen LogP contribution < -0.4 is 10.1 Å². The van der Waals surface area contributed by atoms with Crippen LogP contribution in [0, 0.1) is 0 Å². The number of benzene rings is 2. The zero-order valence-electron chi connectivity index (χ0n) is 15.7. The lowest BCUT2D eigenvalue weighted by Gasteiger charge is -2.11. The Hall–Kier alpha value is -2.90. The molecule has 2 amide bonds. The SMILES string of the molecule is C=CCN1C(=O)/C(=C/c2ccccc2OCC(=O)NCc2ccccc2)SC1=S. The minimum atomic E-state index is -0.221. The summed E-state index contributed by atoms with van der Waals surface area (Å²) in [7, 11) is 0. The number of thioether (sulfide) groups is 1. The van der Waals surface area contributed by atoms with Crippen molar-refractivity contribution in [2.24, 2.45) is 0 Å².